The van der Waals surface area contributed by atoms with Gasteiger partial charge in [-0.05, 0) is 24.8 Å². The second-order valence-corrected chi connectivity index (χ2v) is 6.01. The highest BCUT2D eigenvalue weighted by Gasteiger charge is 2.16. The van der Waals surface area contributed by atoms with Crippen LogP contribution in [0.15, 0.2) is 0 Å². The van der Waals surface area contributed by atoms with Crippen molar-refractivity contribution in [3.05, 3.63) is 0 Å². The summed E-state index contributed by atoms with van der Waals surface area (Å²) in [6.45, 7) is 5.58. The zero-order valence-corrected chi connectivity index (χ0v) is 10.4. The first kappa shape index (κ1) is 14.1. The first-order valence-corrected chi connectivity index (χ1v) is 6.54. The van der Waals surface area contributed by atoms with Gasteiger partial charge in [0.15, 0.2) is 0 Å². The van der Waals surface area contributed by atoms with Crippen LogP contribution in [-0.4, -0.2) is 36.0 Å². The summed E-state index contributed by atoms with van der Waals surface area (Å²) in [6.07, 6.45) is 1.81. The molecule has 0 saturated heterocycles. The SMILES string of the molecule is COCCCS(=O)CCC(C)(C)CN. The van der Waals surface area contributed by atoms with Crippen LogP contribution in [0.25, 0.3) is 0 Å². The minimum Gasteiger partial charge on any atom is -0.385 e. The third-order valence-electron chi connectivity index (χ3n) is 2.28. The lowest BCUT2D eigenvalue weighted by Crippen LogP contribution is -2.25. The highest BCUT2D eigenvalue weighted by Crippen LogP contribution is 2.18. The van der Waals surface area contributed by atoms with E-state index in [-0.39, 0.29) is 5.41 Å². The molecular weight excluding hydrogens is 198 g/mol. The van der Waals surface area contributed by atoms with Crippen LogP contribution in [0.3, 0.4) is 0 Å². The van der Waals surface area contributed by atoms with Crippen molar-refractivity contribution in [2.75, 3.05) is 31.8 Å². The summed E-state index contributed by atoms with van der Waals surface area (Å²) in [6, 6.07) is 0. The lowest BCUT2D eigenvalue weighted by molar-refractivity contribution is 0.200. The third-order valence-corrected chi connectivity index (χ3v) is 3.68. The highest BCUT2D eigenvalue weighted by atomic mass is 32.2. The number of rotatable bonds is 8. The largest absolute Gasteiger partial charge is 0.385 e. The van der Waals surface area contributed by atoms with Gasteiger partial charge in [0.2, 0.25) is 0 Å². The maximum atomic E-state index is 11.5. The van der Waals surface area contributed by atoms with Crippen LogP contribution in [0, 0.1) is 5.41 Å². The molecule has 0 aromatic rings. The van der Waals surface area contributed by atoms with Crippen LogP contribution in [0.5, 0.6) is 0 Å². The molecule has 0 aromatic heterocycles. The van der Waals surface area contributed by atoms with E-state index in [9.17, 15) is 4.21 Å². The average Bonchev–Trinajstić information content (AvgIpc) is 2.16. The van der Waals surface area contributed by atoms with Crippen molar-refractivity contribution in [3.63, 3.8) is 0 Å². The first-order chi connectivity index (χ1) is 6.52. The van der Waals surface area contributed by atoms with E-state index in [0.29, 0.717) is 13.2 Å². The Labute approximate surface area is 89.9 Å². The number of hydrogen-bond donors (Lipinski definition) is 1. The summed E-state index contributed by atoms with van der Waals surface area (Å²) in [4.78, 5) is 0. The lowest BCUT2D eigenvalue weighted by Gasteiger charge is -2.21. The fraction of sp³-hybridized carbons (Fsp3) is 1.00. The van der Waals surface area contributed by atoms with E-state index in [1.165, 1.54) is 0 Å². The zero-order valence-electron chi connectivity index (χ0n) is 9.54. The molecule has 0 rings (SSSR count). The van der Waals surface area contributed by atoms with Gasteiger partial charge in [-0.2, -0.15) is 0 Å². The molecule has 2 N–H and O–H groups in total. The van der Waals surface area contributed by atoms with Gasteiger partial charge in [0.05, 0.1) is 0 Å². The number of ether oxygens (including phenoxy) is 1. The second kappa shape index (κ2) is 7.37. The van der Waals surface area contributed by atoms with Gasteiger partial charge in [-0.15, -0.1) is 0 Å². The first-order valence-electron chi connectivity index (χ1n) is 5.06. The molecule has 0 aliphatic rings. The van der Waals surface area contributed by atoms with Crippen molar-refractivity contribution in [2.24, 2.45) is 11.1 Å². The molecule has 1 atom stereocenters. The molecule has 0 fully saturated rings. The zero-order chi connectivity index (χ0) is 11.0. The Hall–Kier alpha value is 0.0700. The summed E-state index contributed by atoms with van der Waals surface area (Å²) in [5, 5.41) is 0. The Balaban J connectivity index is 3.53. The van der Waals surface area contributed by atoms with Gasteiger partial charge in [0.1, 0.15) is 0 Å². The van der Waals surface area contributed by atoms with E-state index in [1.54, 1.807) is 7.11 Å². The van der Waals surface area contributed by atoms with Crippen LogP contribution in [-0.2, 0) is 15.5 Å². The Morgan fingerprint density at radius 2 is 2.00 bits per heavy atom. The predicted octanol–water partition coefficient (Wildman–Crippen LogP) is 1.15. The molecule has 0 radical (unpaired) electrons. The predicted molar refractivity (Wildman–Crippen MR) is 61.8 cm³/mol. The maximum Gasteiger partial charge on any atom is 0.0471 e. The quantitative estimate of drug-likeness (QED) is 0.626. The van der Waals surface area contributed by atoms with Crippen molar-refractivity contribution in [1.29, 1.82) is 0 Å². The Morgan fingerprint density at radius 3 is 2.50 bits per heavy atom. The molecule has 0 aromatic carbocycles. The number of methoxy groups -OCH3 is 1. The normalized spacial score (nSPS) is 14.3. The van der Waals surface area contributed by atoms with Crippen LogP contribution >= 0.6 is 0 Å². The monoisotopic (exact) mass is 221 g/mol. The lowest BCUT2D eigenvalue weighted by atomic mass is 9.91. The van der Waals surface area contributed by atoms with Crippen molar-refractivity contribution in [3.8, 4) is 0 Å². The topological polar surface area (TPSA) is 52.3 Å². The molecule has 0 saturated carbocycles. The van der Waals surface area contributed by atoms with Gasteiger partial charge in [0, 0.05) is 36.0 Å². The van der Waals surface area contributed by atoms with Gasteiger partial charge in [0.25, 0.3) is 0 Å². The van der Waals surface area contributed by atoms with Crippen molar-refractivity contribution in [2.45, 2.75) is 26.7 Å². The van der Waals surface area contributed by atoms with Crippen molar-refractivity contribution < 1.29 is 8.95 Å². The molecule has 0 spiro atoms. The molecule has 0 aliphatic heterocycles. The molecule has 0 bridgehead atoms. The van der Waals surface area contributed by atoms with E-state index in [0.717, 1.165) is 24.3 Å². The number of hydrogen-bond acceptors (Lipinski definition) is 3. The molecule has 3 nitrogen and oxygen atoms in total. The van der Waals surface area contributed by atoms with E-state index in [1.807, 2.05) is 0 Å². The van der Waals surface area contributed by atoms with Gasteiger partial charge in [-0.1, -0.05) is 13.8 Å². The molecule has 4 heteroatoms. The van der Waals surface area contributed by atoms with E-state index in [2.05, 4.69) is 13.8 Å². The molecule has 0 aliphatic carbocycles. The summed E-state index contributed by atoms with van der Waals surface area (Å²) in [5.74, 6) is 1.50. The minimum absolute atomic E-state index is 0.122. The van der Waals surface area contributed by atoms with Crippen LogP contribution < -0.4 is 5.73 Å². The molecular formula is C10H23NO2S. The Morgan fingerprint density at radius 1 is 1.36 bits per heavy atom. The summed E-state index contributed by atoms with van der Waals surface area (Å²) in [7, 11) is 0.962. The maximum absolute atomic E-state index is 11.5. The molecule has 86 valence electrons. The summed E-state index contributed by atoms with van der Waals surface area (Å²) >= 11 is 0. The van der Waals surface area contributed by atoms with E-state index in [4.69, 9.17) is 10.5 Å². The van der Waals surface area contributed by atoms with Gasteiger partial charge in [-0.3, -0.25) is 4.21 Å². The van der Waals surface area contributed by atoms with Gasteiger partial charge < -0.3 is 10.5 Å². The van der Waals surface area contributed by atoms with Gasteiger partial charge >= 0.3 is 0 Å². The standard InChI is InChI=1S/C10H23NO2S/c1-10(2,9-11)5-8-14(12)7-4-6-13-3/h4-9,11H2,1-3H3. The molecule has 1 unspecified atom stereocenters. The summed E-state index contributed by atoms with van der Waals surface area (Å²) < 4.78 is 16.4. The second-order valence-electron chi connectivity index (χ2n) is 4.31. The smallest absolute Gasteiger partial charge is 0.0471 e. The molecule has 14 heavy (non-hydrogen) atoms. The fourth-order valence-corrected chi connectivity index (χ4v) is 2.38. The van der Waals surface area contributed by atoms with Crippen LogP contribution in [0.1, 0.15) is 26.7 Å². The van der Waals surface area contributed by atoms with Crippen LogP contribution in [0.4, 0.5) is 0 Å². The third kappa shape index (κ3) is 7.47. The Bertz CT molecular complexity index is 172. The fourth-order valence-electron chi connectivity index (χ4n) is 0.959. The highest BCUT2D eigenvalue weighted by molar-refractivity contribution is 7.84. The van der Waals surface area contributed by atoms with Crippen LogP contribution in [0.2, 0.25) is 0 Å². The molecule has 0 amide bonds. The molecule has 0 heterocycles. The van der Waals surface area contributed by atoms with E-state index < -0.39 is 10.8 Å². The summed E-state index contributed by atoms with van der Waals surface area (Å²) in [5.41, 5.74) is 5.72. The average molecular weight is 221 g/mol. The van der Waals surface area contributed by atoms with Gasteiger partial charge in [-0.25, -0.2) is 0 Å². The van der Waals surface area contributed by atoms with E-state index >= 15 is 0 Å². The van der Waals surface area contributed by atoms with Crippen molar-refractivity contribution >= 4 is 10.8 Å². The van der Waals surface area contributed by atoms with Crippen molar-refractivity contribution in [1.82, 2.24) is 0 Å². The Kier molecular flexibility index (Phi) is 7.41. The minimum atomic E-state index is -0.705. The number of nitrogens with two attached hydrogens (primary N) is 1.